The van der Waals surface area contributed by atoms with E-state index >= 15 is 0 Å². The van der Waals surface area contributed by atoms with E-state index < -0.39 is 5.69 Å². The smallest absolute Gasteiger partial charge is 0.339 e. The van der Waals surface area contributed by atoms with Gasteiger partial charge in [-0.05, 0) is 116 Å². The normalized spacial score (nSPS) is 12.2. The topological polar surface area (TPSA) is 227 Å². The van der Waals surface area contributed by atoms with Crippen LogP contribution in [0.2, 0.25) is 0 Å². The molecule has 0 unspecified atom stereocenters. The number of likely N-dealkylation sites (N-methyl/N-ethyl adjacent to an activating group) is 2. The first kappa shape index (κ1) is 51.4. The Hall–Kier alpha value is -10.1. The molecule has 0 spiro atoms. The predicted molar refractivity (Wildman–Crippen MR) is 304 cm³/mol. The predicted octanol–water partition coefficient (Wildman–Crippen LogP) is 7.81. The summed E-state index contributed by atoms with van der Waals surface area (Å²) in [6, 6.07) is 48.1. The molecule has 10 aromatic rings. The van der Waals surface area contributed by atoms with E-state index in [1.54, 1.807) is 79.9 Å². The number of aromatic nitrogens is 8. The maximum Gasteiger partial charge on any atom is 0.339 e. The summed E-state index contributed by atoms with van der Waals surface area (Å²) in [4.78, 5) is 86.9. The van der Waals surface area contributed by atoms with E-state index in [4.69, 9.17) is 11.5 Å². The molecule has 0 radical (unpaired) electrons. The van der Waals surface area contributed by atoms with E-state index in [0.717, 1.165) is 16.8 Å². The zero-order valence-electron chi connectivity index (χ0n) is 43.1. The average Bonchev–Trinajstić information content (AvgIpc) is 4.43. The molecule has 1 aliphatic carbocycles. The summed E-state index contributed by atoms with van der Waals surface area (Å²) in [5, 5.41) is 3.08. The number of nitrogens with one attached hydrogen (secondary N) is 1. The number of anilines is 4. The lowest BCUT2D eigenvalue weighted by atomic mass is 10.0. The van der Waals surface area contributed by atoms with Crippen LogP contribution in [0.1, 0.15) is 44.7 Å². The van der Waals surface area contributed by atoms with Crippen molar-refractivity contribution in [1.82, 2.24) is 43.1 Å². The number of nitrogens with two attached hydrogens (primary N) is 2. The quantitative estimate of drug-likeness (QED) is 0.0621. The van der Waals surface area contributed by atoms with Crippen molar-refractivity contribution in [1.29, 1.82) is 0 Å². The number of Topliss-reactive ketones (excluding diaryl/α,β-unsaturated/α-hetero) is 2. The molecule has 1 aliphatic rings. The Bertz CT molecular complexity index is 3990. The van der Waals surface area contributed by atoms with Crippen LogP contribution in [-0.2, 0) is 17.6 Å². The van der Waals surface area contributed by atoms with Crippen LogP contribution in [0.15, 0.2) is 192 Å². The van der Waals surface area contributed by atoms with Crippen LogP contribution >= 0.6 is 0 Å². The minimum absolute atomic E-state index is 0.000692. The number of amides is 1. The SMILES string of the molecule is CN(C(=O)/C=C/CN(C)C1CC1)c1cccc(-n2c(=O)n(-c3ccc(C(=O)Cc4ccccc4)cc3)c3c(N)ncnc32)c1.CNc1cccc(-n2c(=O)n(-c3ccc(C(=O)Cc4ccccc4)cc3)c3c(N)ncnc32)c1. The first-order chi connectivity index (χ1) is 37.9. The third-order valence-electron chi connectivity index (χ3n) is 13.6. The largest absolute Gasteiger partial charge is 0.388 e. The van der Waals surface area contributed by atoms with Crippen molar-refractivity contribution >= 4 is 62.8 Å². The molecule has 11 rings (SSSR count). The van der Waals surface area contributed by atoms with Gasteiger partial charge in [0.1, 0.15) is 23.7 Å². The summed E-state index contributed by atoms with van der Waals surface area (Å²) in [5.74, 6) is 0.129. The summed E-state index contributed by atoms with van der Waals surface area (Å²) >= 11 is 0. The van der Waals surface area contributed by atoms with E-state index in [1.807, 2.05) is 104 Å². The lowest BCUT2D eigenvalue weighted by Gasteiger charge is -2.17. The number of benzene rings is 6. The standard InChI is InChI=1S/C34H33N7O3.C26H22N6O2/c1-38(25-17-18-25)19-7-12-30(43)39(2)27-10-6-11-28(21-27)41-33-31(32(35)36-22-37-33)40(34(41)44)26-15-13-24(14-16-26)29(42)20-23-8-4-3-5-9-23;1-28-19-8-5-9-21(15-19)32-25-23(24(27)29-16-30-25)31(26(32)34)20-12-10-18(11-13-20)22(33)14-17-6-3-2-4-7-17/h3-16,21-22,25H,17-20H2,1-2H3,(H2,35,36,37);2-13,15-16,28H,14H2,1H3,(H2,27,29,30)/b12-7+;. The Balaban J connectivity index is 0.000000182. The van der Waals surface area contributed by atoms with Crippen LogP contribution in [0.3, 0.4) is 0 Å². The van der Waals surface area contributed by atoms with Crippen LogP contribution < -0.4 is 33.1 Å². The molecule has 4 aromatic heterocycles. The van der Waals surface area contributed by atoms with Gasteiger partial charge >= 0.3 is 11.4 Å². The van der Waals surface area contributed by atoms with Gasteiger partial charge in [0.2, 0.25) is 5.91 Å². The van der Waals surface area contributed by atoms with E-state index in [1.165, 1.54) is 48.7 Å². The molecule has 0 saturated heterocycles. The van der Waals surface area contributed by atoms with Gasteiger partial charge in [0, 0.05) is 68.1 Å². The second-order valence-electron chi connectivity index (χ2n) is 18.8. The van der Waals surface area contributed by atoms with Gasteiger partial charge in [-0.25, -0.2) is 38.7 Å². The van der Waals surface area contributed by atoms with E-state index in [0.29, 0.717) is 80.9 Å². The third kappa shape index (κ3) is 10.7. The van der Waals surface area contributed by atoms with Crippen molar-refractivity contribution in [2.75, 3.05) is 49.4 Å². The molecular formula is C60H55N13O5. The van der Waals surface area contributed by atoms with Crippen LogP contribution in [0, 0.1) is 0 Å². The number of carbonyl (C=O) groups is 3. The van der Waals surface area contributed by atoms with Crippen LogP contribution in [0.25, 0.3) is 45.1 Å². The minimum atomic E-state index is -0.412. The van der Waals surface area contributed by atoms with E-state index in [-0.39, 0.29) is 41.2 Å². The molecule has 0 aliphatic heterocycles. The summed E-state index contributed by atoms with van der Waals surface area (Å²) < 4.78 is 5.87. The van der Waals surface area contributed by atoms with Gasteiger partial charge in [0.05, 0.1) is 22.7 Å². The van der Waals surface area contributed by atoms with Crippen molar-refractivity contribution in [3.05, 3.63) is 226 Å². The molecule has 4 heterocycles. The fourth-order valence-corrected chi connectivity index (χ4v) is 9.26. The first-order valence-corrected chi connectivity index (χ1v) is 25.2. The highest BCUT2D eigenvalue weighted by Crippen LogP contribution is 2.28. The maximum absolute atomic E-state index is 14.0. The van der Waals surface area contributed by atoms with Crippen LogP contribution in [0.5, 0.6) is 0 Å². The number of nitrogen functional groups attached to an aromatic ring is 2. The summed E-state index contributed by atoms with van der Waals surface area (Å²) in [6.07, 6.45) is 9.10. The number of ketones is 2. The maximum atomic E-state index is 14.0. The number of hydrogen-bond acceptors (Lipinski definition) is 13. The number of hydrogen-bond donors (Lipinski definition) is 3. The highest BCUT2D eigenvalue weighted by atomic mass is 16.2. The molecule has 390 valence electrons. The fraction of sp³-hybridized carbons (Fsp3) is 0.150. The highest BCUT2D eigenvalue weighted by molar-refractivity contribution is 6.01. The summed E-state index contributed by atoms with van der Waals surface area (Å²) in [5.41, 5.74) is 19.9. The molecule has 6 aromatic carbocycles. The van der Waals surface area contributed by atoms with Crippen molar-refractivity contribution < 1.29 is 14.4 Å². The van der Waals surface area contributed by atoms with Gasteiger partial charge in [-0.1, -0.05) is 78.9 Å². The number of rotatable bonds is 16. The number of nitrogens with zero attached hydrogens (tertiary/aromatic N) is 10. The highest BCUT2D eigenvalue weighted by Gasteiger charge is 2.26. The minimum Gasteiger partial charge on any atom is -0.388 e. The first-order valence-electron chi connectivity index (χ1n) is 25.2. The van der Waals surface area contributed by atoms with Gasteiger partial charge in [-0.15, -0.1) is 0 Å². The lowest BCUT2D eigenvalue weighted by Crippen LogP contribution is -2.26. The molecule has 1 fully saturated rings. The zero-order chi connectivity index (χ0) is 54.5. The third-order valence-corrected chi connectivity index (χ3v) is 13.6. The molecule has 0 atom stereocenters. The summed E-state index contributed by atoms with van der Waals surface area (Å²) in [7, 11) is 5.57. The molecule has 18 heteroatoms. The molecular weight excluding hydrogens is 983 g/mol. The van der Waals surface area contributed by atoms with Crippen LogP contribution in [-0.4, -0.2) is 94.3 Å². The Morgan fingerprint density at radius 2 is 1.05 bits per heavy atom. The van der Waals surface area contributed by atoms with Gasteiger partial charge in [0.15, 0.2) is 34.5 Å². The van der Waals surface area contributed by atoms with Crippen LogP contribution in [0.4, 0.5) is 23.0 Å². The van der Waals surface area contributed by atoms with Crippen molar-refractivity contribution in [3.8, 4) is 22.7 Å². The Labute approximate surface area is 448 Å². The second-order valence-corrected chi connectivity index (χ2v) is 18.8. The van der Waals surface area contributed by atoms with Gasteiger partial charge in [-0.3, -0.25) is 28.4 Å². The molecule has 18 nitrogen and oxygen atoms in total. The number of fused-ring (bicyclic) bond motifs is 2. The molecule has 78 heavy (non-hydrogen) atoms. The van der Waals surface area contributed by atoms with E-state index in [2.05, 4.69) is 37.2 Å². The molecule has 1 amide bonds. The number of imidazole rings is 2. The monoisotopic (exact) mass is 1040 g/mol. The van der Waals surface area contributed by atoms with Gasteiger partial charge in [-0.2, -0.15) is 0 Å². The van der Waals surface area contributed by atoms with Crippen molar-refractivity contribution in [2.45, 2.75) is 31.7 Å². The zero-order valence-corrected chi connectivity index (χ0v) is 43.1. The second kappa shape index (κ2) is 22.4. The molecule has 1 saturated carbocycles. The molecule has 0 bridgehead atoms. The summed E-state index contributed by atoms with van der Waals surface area (Å²) in [6.45, 7) is 0.711. The molecule has 5 N–H and O–H groups in total. The lowest BCUT2D eigenvalue weighted by molar-refractivity contribution is -0.113. The Morgan fingerprint density at radius 1 is 0.577 bits per heavy atom. The Kier molecular flexibility index (Phi) is 14.8. The average molecular weight is 1040 g/mol. The Morgan fingerprint density at radius 3 is 1.53 bits per heavy atom. The number of carbonyl (C=O) groups excluding carboxylic acids is 3. The van der Waals surface area contributed by atoms with Crippen molar-refractivity contribution in [2.24, 2.45) is 0 Å². The van der Waals surface area contributed by atoms with Gasteiger partial charge < -0.3 is 21.7 Å². The van der Waals surface area contributed by atoms with Gasteiger partial charge in [0.25, 0.3) is 0 Å². The van der Waals surface area contributed by atoms with Crippen molar-refractivity contribution in [3.63, 3.8) is 0 Å². The fourth-order valence-electron chi connectivity index (χ4n) is 9.26. The van der Waals surface area contributed by atoms with E-state index in [9.17, 15) is 24.0 Å².